The lowest BCUT2D eigenvalue weighted by Crippen LogP contribution is -2.28. The Kier molecular flexibility index (Phi) is 6.86. The van der Waals surface area contributed by atoms with Crippen molar-refractivity contribution in [3.63, 3.8) is 0 Å². The van der Waals surface area contributed by atoms with Gasteiger partial charge in [-0.3, -0.25) is 0 Å². The highest BCUT2D eigenvalue weighted by Gasteiger charge is 2.23. The highest BCUT2D eigenvalue weighted by molar-refractivity contribution is 5.60. The molecule has 0 saturated heterocycles. The topological polar surface area (TPSA) is 80.3 Å². The molecular weight excluding hydrogens is 268 g/mol. The predicted molar refractivity (Wildman–Crippen MR) is 68.3 cm³/mol. The molecule has 0 radical (unpaired) electrons. The third kappa shape index (κ3) is 5.48. The Bertz CT molecular complexity index is 353. The van der Waals surface area contributed by atoms with Gasteiger partial charge in [-0.25, -0.2) is 9.59 Å². The highest BCUT2D eigenvalue weighted by atomic mass is 16.7. The SMILES string of the molecule is COC(=O)OC1/C=C/C(OC(=O)OC)CC(OC)CC1. The minimum atomic E-state index is -0.763. The zero-order chi connectivity index (χ0) is 15.0. The summed E-state index contributed by atoms with van der Waals surface area (Å²) in [5.41, 5.74) is 0. The second kappa shape index (κ2) is 8.42. The summed E-state index contributed by atoms with van der Waals surface area (Å²) < 4.78 is 24.4. The Morgan fingerprint density at radius 3 is 2.00 bits per heavy atom. The van der Waals surface area contributed by atoms with E-state index in [1.165, 1.54) is 14.2 Å². The summed E-state index contributed by atoms with van der Waals surface area (Å²) in [6.45, 7) is 0. The Balaban J connectivity index is 2.69. The zero-order valence-corrected chi connectivity index (χ0v) is 11.9. The molecule has 7 heteroatoms. The van der Waals surface area contributed by atoms with Crippen LogP contribution in [0.1, 0.15) is 19.3 Å². The molecule has 3 atom stereocenters. The molecule has 0 aliphatic heterocycles. The fourth-order valence-corrected chi connectivity index (χ4v) is 1.89. The van der Waals surface area contributed by atoms with Gasteiger partial charge in [0.05, 0.1) is 20.3 Å². The molecule has 3 unspecified atom stereocenters. The van der Waals surface area contributed by atoms with E-state index >= 15 is 0 Å². The summed E-state index contributed by atoms with van der Waals surface area (Å²) in [7, 11) is 4.07. The van der Waals surface area contributed by atoms with Crippen molar-refractivity contribution in [2.75, 3.05) is 21.3 Å². The number of carbonyl (C=O) groups is 2. The Morgan fingerprint density at radius 1 is 0.900 bits per heavy atom. The minimum absolute atomic E-state index is 0.0987. The van der Waals surface area contributed by atoms with Crippen molar-refractivity contribution in [2.45, 2.75) is 37.6 Å². The normalized spacial score (nSPS) is 27.6. The van der Waals surface area contributed by atoms with E-state index in [9.17, 15) is 9.59 Å². The first-order chi connectivity index (χ1) is 9.58. The van der Waals surface area contributed by atoms with E-state index in [1.807, 2.05) is 0 Å². The van der Waals surface area contributed by atoms with Crippen molar-refractivity contribution in [1.82, 2.24) is 0 Å². The van der Waals surface area contributed by atoms with Crippen LogP contribution in [-0.4, -0.2) is 52.0 Å². The lowest BCUT2D eigenvalue weighted by molar-refractivity contribution is 0.00354. The summed E-state index contributed by atoms with van der Waals surface area (Å²) in [4.78, 5) is 22.3. The monoisotopic (exact) mass is 288 g/mol. The van der Waals surface area contributed by atoms with Crippen molar-refractivity contribution in [3.05, 3.63) is 12.2 Å². The Morgan fingerprint density at radius 2 is 1.45 bits per heavy atom. The van der Waals surface area contributed by atoms with Crippen molar-refractivity contribution in [2.24, 2.45) is 0 Å². The average Bonchev–Trinajstić information content (AvgIpc) is 2.44. The van der Waals surface area contributed by atoms with Crippen molar-refractivity contribution < 1.29 is 33.3 Å². The molecule has 0 aromatic rings. The summed E-state index contributed by atoms with van der Waals surface area (Å²) in [5.74, 6) is 0. The lowest BCUT2D eigenvalue weighted by Gasteiger charge is -2.24. The molecule has 1 rings (SSSR count). The van der Waals surface area contributed by atoms with Gasteiger partial charge in [0, 0.05) is 13.5 Å². The number of carbonyl (C=O) groups excluding carboxylic acids is 2. The first kappa shape index (κ1) is 16.3. The van der Waals surface area contributed by atoms with E-state index in [2.05, 4.69) is 9.47 Å². The van der Waals surface area contributed by atoms with Gasteiger partial charge in [0.15, 0.2) is 0 Å². The van der Waals surface area contributed by atoms with Crippen LogP contribution in [0.3, 0.4) is 0 Å². The summed E-state index contributed by atoms with van der Waals surface area (Å²) in [6, 6.07) is 0. The fourth-order valence-electron chi connectivity index (χ4n) is 1.89. The van der Waals surface area contributed by atoms with Crippen LogP contribution in [0.2, 0.25) is 0 Å². The van der Waals surface area contributed by atoms with Gasteiger partial charge in [-0.2, -0.15) is 0 Å². The van der Waals surface area contributed by atoms with Crippen molar-refractivity contribution in [1.29, 1.82) is 0 Å². The van der Waals surface area contributed by atoms with E-state index in [1.54, 1.807) is 19.3 Å². The maximum atomic E-state index is 11.2. The average molecular weight is 288 g/mol. The van der Waals surface area contributed by atoms with Gasteiger partial charge in [0.2, 0.25) is 0 Å². The van der Waals surface area contributed by atoms with E-state index < -0.39 is 24.5 Å². The molecule has 0 heterocycles. The van der Waals surface area contributed by atoms with E-state index in [0.717, 1.165) is 0 Å². The maximum absolute atomic E-state index is 11.2. The van der Waals surface area contributed by atoms with Crippen LogP contribution in [0.4, 0.5) is 9.59 Å². The molecule has 0 fully saturated rings. The minimum Gasteiger partial charge on any atom is -0.438 e. The summed E-state index contributed by atoms with van der Waals surface area (Å²) in [5, 5.41) is 0. The van der Waals surface area contributed by atoms with Crippen LogP contribution in [0.5, 0.6) is 0 Å². The van der Waals surface area contributed by atoms with Crippen LogP contribution in [0.25, 0.3) is 0 Å². The first-order valence-corrected chi connectivity index (χ1v) is 6.29. The number of hydrogen-bond donors (Lipinski definition) is 0. The van der Waals surface area contributed by atoms with Gasteiger partial charge in [0.25, 0.3) is 0 Å². The quantitative estimate of drug-likeness (QED) is 0.580. The maximum Gasteiger partial charge on any atom is 0.508 e. The molecule has 1 aliphatic carbocycles. The molecule has 0 aromatic carbocycles. The molecule has 7 nitrogen and oxygen atoms in total. The molecule has 20 heavy (non-hydrogen) atoms. The highest BCUT2D eigenvalue weighted by Crippen LogP contribution is 2.20. The Hall–Kier alpha value is -1.76. The van der Waals surface area contributed by atoms with Gasteiger partial charge < -0.3 is 23.7 Å². The molecule has 1 aliphatic rings. The third-order valence-corrected chi connectivity index (χ3v) is 2.97. The van der Waals surface area contributed by atoms with E-state index in [4.69, 9.17) is 14.2 Å². The van der Waals surface area contributed by atoms with Gasteiger partial charge in [0.1, 0.15) is 12.2 Å². The molecule has 114 valence electrons. The lowest BCUT2D eigenvalue weighted by atomic mass is 9.99. The van der Waals surface area contributed by atoms with Gasteiger partial charge in [-0.15, -0.1) is 0 Å². The largest absolute Gasteiger partial charge is 0.508 e. The summed E-state index contributed by atoms with van der Waals surface area (Å²) >= 11 is 0. The van der Waals surface area contributed by atoms with Crippen LogP contribution >= 0.6 is 0 Å². The zero-order valence-electron chi connectivity index (χ0n) is 11.9. The molecule has 0 spiro atoms. The molecule has 0 aromatic heterocycles. The third-order valence-electron chi connectivity index (χ3n) is 2.97. The van der Waals surface area contributed by atoms with Gasteiger partial charge >= 0.3 is 12.3 Å². The fraction of sp³-hybridized carbons (Fsp3) is 0.692. The second-order valence-electron chi connectivity index (χ2n) is 4.28. The van der Waals surface area contributed by atoms with E-state index in [0.29, 0.717) is 19.3 Å². The van der Waals surface area contributed by atoms with Gasteiger partial charge in [-0.1, -0.05) is 0 Å². The number of hydrogen-bond acceptors (Lipinski definition) is 7. The molecular formula is C13H20O7. The Labute approximate surface area is 117 Å². The van der Waals surface area contributed by atoms with Crippen molar-refractivity contribution >= 4 is 12.3 Å². The second-order valence-corrected chi connectivity index (χ2v) is 4.28. The number of methoxy groups -OCH3 is 3. The smallest absolute Gasteiger partial charge is 0.438 e. The molecule has 0 bridgehead atoms. The van der Waals surface area contributed by atoms with Gasteiger partial charge in [-0.05, 0) is 25.0 Å². The van der Waals surface area contributed by atoms with Crippen molar-refractivity contribution in [3.8, 4) is 0 Å². The molecule has 0 amide bonds. The van der Waals surface area contributed by atoms with E-state index in [-0.39, 0.29) is 6.10 Å². The standard InChI is InChI=1S/C13H20O7/c1-16-10-6-4-9(19-12(14)17-2)5-7-11(8-10)20-13(15)18-3/h5,7,9-11H,4,6,8H2,1-3H3/b7-5+. The molecule has 0 N–H and O–H groups in total. The van der Waals surface area contributed by atoms with Crippen LogP contribution in [-0.2, 0) is 23.7 Å². The van der Waals surface area contributed by atoms with Crippen LogP contribution in [0.15, 0.2) is 12.2 Å². The first-order valence-electron chi connectivity index (χ1n) is 6.29. The summed E-state index contributed by atoms with van der Waals surface area (Å²) in [6.07, 6.45) is 2.59. The van der Waals surface area contributed by atoms with Crippen LogP contribution in [0, 0.1) is 0 Å². The predicted octanol–water partition coefficient (Wildman–Crippen LogP) is 2.04. The number of ether oxygens (including phenoxy) is 5. The number of rotatable bonds is 3. The molecule has 0 saturated carbocycles. The van der Waals surface area contributed by atoms with Crippen LogP contribution < -0.4 is 0 Å².